The van der Waals surface area contributed by atoms with Gasteiger partial charge in [-0.1, -0.05) is 15.9 Å². The number of ether oxygens (including phenoxy) is 1. The first-order chi connectivity index (χ1) is 9.63. The van der Waals surface area contributed by atoms with E-state index in [2.05, 4.69) is 32.3 Å². The van der Waals surface area contributed by atoms with Gasteiger partial charge in [0.25, 0.3) is 5.91 Å². The Morgan fingerprint density at radius 2 is 2.30 bits per heavy atom. The number of amides is 1. The molecule has 0 saturated heterocycles. The Hall–Kier alpha value is -1.95. The van der Waals surface area contributed by atoms with Crippen LogP contribution in [0.3, 0.4) is 0 Å². The fourth-order valence-electron chi connectivity index (χ4n) is 2.29. The Labute approximate surface area is 124 Å². The summed E-state index contributed by atoms with van der Waals surface area (Å²) in [5, 5.41) is 2.86. The Morgan fingerprint density at radius 3 is 3.05 bits per heavy atom. The number of aromatic nitrogens is 1. The van der Waals surface area contributed by atoms with Crippen LogP contribution in [0.5, 0.6) is 5.75 Å². The normalized spacial score (nSPS) is 12.8. The minimum atomic E-state index is -0.187. The van der Waals surface area contributed by atoms with Crippen LogP contribution in [0.1, 0.15) is 21.6 Å². The number of benzene rings is 1. The van der Waals surface area contributed by atoms with Crippen LogP contribution >= 0.6 is 15.9 Å². The second kappa shape index (κ2) is 5.20. The van der Waals surface area contributed by atoms with E-state index in [-0.39, 0.29) is 5.91 Å². The number of hydrogen-bond acceptors (Lipinski definition) is 3. The van der Waals surface area contributed by atoms with Gasteiger partial charge >= 0.3 is 0 Å². The molecule has 0 fully saturated rings. The van der Waals surface area contributed by atoms with E-state index in [1.54, 1.807) is 12.3 Å². The van der Waals surface area contributed by atoms with E-state index in [0.717, 1.165) is 22.2 Å². The highest BCUT2D eigenvalue weighted by Crippen LogP contribution is 2.32. The molecule has 1 aliphatic heterocycles. The molecule has 0 atom stereocenters. The molecule has 0 saturated carbocycles. The molecule has 0 unspecified atom stereocenters. The quantitative estimate of drug-likeness (QED) is 0.804. The number of aromatic amines is 1. The van der Waals surface area contributed by atoms with E-state index in [1.807, 2.05) is 6.07 Å². The zero-order valence-corrected chi connectivity index (χ0v) is 12.3. The van der Waals surface area contributed by atoms with Crippen molar-refractivity contribution in [3.05, 3.63) is 45.7 Å². The molecule has 2 aromatic rings. The number of fused-ring (bicyclic) bond motifs is 1. The molecular formula is C14H14BrN3O2. The maximum absolute atomic E-state index is 12.0. The van der Waals surface area contributed by atoms with Crippen molar-refractivity contribution in [1.29, 1.82) is 0 Å². The molecule has 0 radical (unpaired) electrons. The molecule has 0 spiro atoms. The predicted octanol–water partition coefficient (Wildman–Crippen LogP) is 2.22. The van der Waals surface area contributed by atoms with Crippen molar-refractivity contribution in [2.24, 2.45) is 0 Å². The van der Waals surface area contributed by atoms with Crippen molar-refractivity contribution in [2.75, 3.05) is 12.3 Å². The molecule has 1 aliphatic rings. The highest BCUT2D eigenvalue weighted by molar-refractivity contribution is 9.10. The van der Waals surface area contributed by atoms with Crippen molar-refractivity contribution in [3.8, 4) is 5.75 Å². The molecule has 3 rings (SSSR count). The Bertz CT molecular complexity index is 666. The van der Waals surface area contributed by atoms with Gasteiger partial charge in [0.1, 0.15) is 11.4 Å². The summed E-state index contributed by atoms with van der Waals surface area (Å²) in [6, 6.07) is 5.63. The molecule has 20 heavy (non-hydrogen) atoms. The molecule has 1 amide bonds. The molecule has 0 bridgehead atoms. The first kappa shape index (κ1) is 13.1. The first-order valence-corrected chi connectivity index (χ1v) is 7.09. The highest BCUT2D eigenvalue weighted by Gasteiger charge is 2.18. The van der Waals surface area contributed by atoms with Gasteiger partial charge in [0.2, 0.25) is 0 Å². The number of anilines is 1. The van der Waals surface area contributed by atoms with Crippen molar-refractivity contribution < 1.29 is 9.53 Å². The lowest BCUT2D eigenvalue weighted by atomic mass is 10.1. The Kier molecular flexibility index (Phi) is 3.40. The van der Waals surface area contributed by atoms with Gasteiger partial charge in [-0.15, -0.1) is 0 Å². The second-order valence-electron chi connectivity index (χ2n) is 4.68. The van der Waals surface area contributed by atoms with E-state index in [1.165, 1.54) is 5.56 Å². The largest absolute Gasteiger partial charge is 0.493 e. The molecule has 4 N–H and O–H groups in total. The van der Waals surface area contributed by atoms with Crippen molar-refractivity contribution in [2.45, 2.75) is 13.0 Å². The average Bonchev–Trinajstić information content (AvgIpc) is 3.03. The SMILES string of the molecule is Nc1c[nH]c(C(=O)NCc2cc(Br)cc3c2OCC3)c1. The number of halogens is 1. The summed E-state index contributed by atoms with van der Waals surface area (Å²) in [4.78, 5) is 14.8. The van der Waals surface area contributed by atoms with Gasteiger partial charge < -0.3 is 20.8 Å². The van der Waals surface area contributed by atoms with Crippen LogP contribution in [0.25, 0.3) is 0 Å². The van der Waals surface area contributed by atoms with E-state index in [0.29, 0.717) is 24.5 Å². The standard InChI is InChI=1S/C14H14BrN3O2/c15-10-3-8-1-2-20-13(8)9(4-10)6-18-14(19)12-5-11(16)7-17-12/h3-5,7,17H,1-2,6,16H2,(H,18,19). The van der Waals surface area contributed by atoms with Gasteiger partial charge in [0.15, 0.2) is 0 Å². The second-order valence-corrected chi connectivity index (χ2v) is 5.60. The average molecular weight is 336 g/mol. The zero-order valence-electron chi connectivity index (χ0n) is 10.7. The van der Waals surface area contributed by atoms with E-state index >= 15 is 0 Å². The molecule has 6 heteroatoms. The number of nitrogens with two attached hydrogens (primary N) is 1. The van der Waals surface area contributed by atoms with Crippen LogP contribution in [-0.4, -0.2) is 17.5 Å². The minimum absolute atomic E-state index is 0.187. The summed E-state index contributed by atoms with van der Waals surface area (Å²) in [5.41, 5.74) is 8.72. The van der Waals surface area contributed by atoms with Crippen LogP contribution in [0, 0.1) is 0 Å². The summed E-state index contributed by atoms with van der Waals surface area (Å²) in [5.74, 6) is 0.702. The van der Waals surface area contributed by atoms with E-state index in [9.17, 15) is 4.79 Å². The summed E-state index contributed by atoms with van der Waals surface area (Å²) >= 11 is 3.48. The highest BCUT2D eigenvalue weighted by atomic mass is 79.9. The number of rotatable bonds is 3. The molecule has 104 valence electrons. The van der Waals surface area contributed by atoms with Gasteiger partial charge in [0.05, 0.1) is 6.61 Å². The van der Waals surface area contributed by atoms with Crippen LogP contribution in [0.4, 0.5) is 5.69 Å². The lowest BCUT2D eigenvalue weighted by Crippen LogP contribution is -2.23. The third kappa shape index (κ3) is 2.51. The first-order valence-electron chi connectivity index (χ1n) is 6.29. The fourth-order valence-corrected chi connectivity index (χ4v) is 2.84. The topological polar surface area (TPSA) is 80.1 Å². The van der Waals surface area contributed by atoms with Crippen molar-refractivity contribution >= 4 is 27.5 Å². The number of nitrogen functional groups attached to an aromatic ring is 1. The summed E-state index contributed by atoms with van der Waals surface area (Å²) in [6.45, 7) is 1.11. The number of carbonyl (C=O) groups excluding carboxylic acids is 1. The lowest BCUT2D eigenvalue weighted by Gasteiger charge is -2.10. The zero-order chi connectivity index (χ0) is 14.1. The van der Waals surface area contributed by atoms with E-state index < -0.39 is 0 Å². The molecule has 1 aromatic carbocycles. The van der Waals surface area contributed by atoms with Gasteiger partial charge in [-0.05, 0) is 23.8 Å². The summed E-state index contributed by atoms with van der Waals surface area (Å²) in [7, 11) is 0. The maximum atomic E-state index is 12.0. The van der Waals surface area contributed by atoms with Gasteiger partial charge in [-0.3, -0.25) is 4.79 Å². The van der Waals surface area contributed by atoms with Gasteiger partial charge in [-0.25, -0.2) is 0 Å². The summed E-state index contributed by atoms with van der Waals surface area (Å²) < 4.78 is 6.62. The molecule has 0 aliphatic carbocycles. The van der Waals surface area contributed by atoms with Crippen LogP contribution in [0.15, 0.2) is 28.9 Å². The van der Waals surface area contributed by atoms with Gasteiger partial charge in [-0.2, -0.15) is 0 Å². The third-order valence-electron chi connectivity index (χ3n) is 3.21. The van der Waals surface area contributed by atoms with E-state index in [4.69, 9.17) is 10.5 Å². The van der Waals surface area contributed by atoms with Crippen LogP contribution in [0.2, 0.25) is 0 Å². The molecule has 5 nitrogen and oxygen atoms in total. The molecule has 1 aromatic heterocycles. The third-order valence-corrected chi connectivity index (χ3v) is 3.67. The predicted molar refractivity (Wildman–Crippen MR) is 79.7 cm³/mol. The van der Waals surface area contributed by atoms with Crippen molar-refractivity contribution in [1.82, 2.24) is 10.3 Å². The lowest BCUT2D eigenvalue weighted by molar-refractivity contribution is 0.0946. The smallest absolute Gasteiger partial charge is 0.268 e. The van der Waals surface area contributed by atoms with Crippen LogP contribution < -0.4 is 15.8 Å². The summed E-state index contributed by atoms with van der Waals surface area (Å²) in [6.07, 6.45) is 2.50. The molecular weight excluding hydrogens is 322 g/mol. The number of carbonyl (C=O) groups is 1. The maximum Gasteiger partial charge on any atom is 0.268 e. The minimum Gasteiger partial charge on any atom is -0.493 e. The Morgan fingerprint density at radius 1 is 1.45 bits per heavy atom. The monoisotopic (exact) mass is 335 g/mol. The number of hydrogen-bond donors (Lipinski definition) is 3. The number of nitrogens with one attached hydrogen (secondary N) is 2. The van der Waals surface area contributed by atoms with Gasteiger partial charge in [0, 0.05) is 34.9 Å². The number of H-pyrrole nitrogens is 1. The fraction of sp³-hybridized carbons (Fsp3) is 0.214. The Balaban J connectivity index is 1.74. The van der Waals surface area contributed by atoms with Crippen LogP contribution in [-0.2, 0) is 13.0 Å². The molecule has 2 heterocycles. The van der Waals surface area contributed by atoms with Crippen molar-refractivity contribution in [3.63, 3.8) is 0 Å².